The van der Waals surface area contributed by atoms with Crippen LogP contribution in [-0.2, 0) is 16.0 Å². The Balaban J connectivity index is 2.46. The summed E-state index contributed by atoms with van der Waals surface area (Å²) < 4.78 is 44.6. The van der Waals surface area contributed by atoms with Crippen LogP contribution in [0.1, 0.15) is 18.9 Å². The molecule has 0 bridgehead atoms. The van der Waals surface area contributed by atoms with Crippen molar-refractivity contribution in [2.75, 3.05) is 13.2 Å². The summed E-state index contributed by atoms with van der Waals surface area (Å²) in [6.45, 7) is 2.47. The number of benzene rings is 1. The van der Waals surface area contributed by atoms with E-state index in [0.717, 1.165) is 6.42 Å². The van der Waals surface area contributed by atoms with Crippen molar-refractivity contribution in [1.29, 1.82) is 0 Å². The molecule has 0 unspecified atom stereocenters. The van der Waals surface area contributed by atoms with Crippen molar-refractivity contribution < 1.29 is 27.4 Å². The second-order valence-electron chi connectivity index (χ2n) is 3.96. The van der Waals surface area contributed by atoms with Gasteiger partial charge in [0, 0.05) is 13.0 Å². The number of ketones is 1. The lowest BCUT2D eigenvalue weighted by Crippen LogP contribution is -2.17. The Morgan fingerprint density at radius 2 is 1.84 bits per heavy atom. The molecular weight excluding hydrogens is 261 g/mol. The van der Waals surface area contributed by atoms with Crippen molar-refractivity contribution in [3.8, 4) is 5.75 Å². The molecule has 106 valence electrons. The molecule has 3 nitrogen and oxygen atoms in total. The molecule has 1 aromatic carbocycles. The Kier molecular flexibility index (Phi) is 5.82. The number of alkyl halides is 3. The molecule has 0 atom stereocenters. The second-order valence-corrected chi connectivity index (χ2v) is 3.96. The fourth-order valence-electron chi connectivity index (χ4n) is 1.42. The fraction of sp³-hybridized carbons (Fsp3) is 0.462. The molecule has 0 saturated heterocycles. The Morgan fingerprint density at radius 1 is 1.21 bits per heavy atom. The van der Waals surface area contributed by atoms with Crippen molar-refractivity contribution in [1.82, 2.24) is 0 Å². The largest absolute Gasteiger partial charge is 0.573 e. The maximum atomic E-state index is 11.9. The standard InChI is InChI=1S/C13H15F3O3/c1-2-7-18-9-11(17)8-10-3-5-12(6-4-10)19-13(14,15)16/h3-6H,2,7-9H2,1H3. The number of hydrogen-bond donors (Lipinski definition) is 0. The van der Waals surface area contributed by atoms with E-state index in [2.05, 4.69) is 4.74 Å². The molecule has 0 fully saturated rings. The van der Waals surface area contributed by atoms with Crippen LogP contribution < -0.4 is 4.74 Å². The van der Waals surface area contributed by atoms with Gasteiger partial charge in [-0.05, 0) is 24.1 Å². The Labute approximate surface area is 109 Å². The molecule has 1 rings (SSSR count). The predicted octanol–water partition coefficient (Wildman–Crippen LogP) is 3.12. The summed E-state index contributed by atoms with van der Waals surface area (Å²) in [5.74, 6) is -0.413. The predicted molar refractivity (Wildman–Crippen MR) is 62.9 cm³/mol. The SMILES string of the molecule is CCCOCC(=O)Cc1ccc(OC(F)(F)F)cc1. The van der Waals surface area contributed by atoms with E-state index in [1.807, 2.05) is 6.92 Å². The number of carbonyl (C=O) groups is 1. The molecule has 0 aliphatic carbocycles. The lowest BCUT2D eigenvalue weighted by Gasteiger charge is -2.09. The van der Waals surface area contributed by atoms with Gasteiger partial charge in [-0.25, -0.2) is 0 Å². The molecule has 19 heavy (non-hydrogen) atoms. The van der Waals surface area contributed by atoms with E-state index in [-0.39, 0.29) is 24.6 Å². The highest BCUT2D eigenvalue weighted by atomic mass is 19.4. The summed E-state index contributed by atoms with van der Waals surface area (Å²) in [7, 11) is 0. The first-order valence-electron chi connectivity index (χ1n) is 5.85. The Hall–Kier alpha value is -1.56. The molecule has 0 amide bonds. The lowest BCUT2D eigenvalue weighted by atomic mass is 10.1. The highest BCUT2D eigenvalue weighted by Crippen LogP contribution is 2.22. The van der Waals surface area contributed by atoms with Crippen LogP contribution in [0, 0.1) is 0 Å². The van der Waals surface area contributed by atoms with Crippen molar-refractivity contribution in [3.05, 3.63) is 29.8 Å². The first-order valence-corrected chi connectivity index (χ1v) is 5.85. The lowest BCUT2D eigenvalue weighted by molar-refractivity contribution is -0.274. The third kappa shape index (κ3) is 6.81. The summed E-state index contributed by atoms with van der Waals surface area (Å²) in [6.07, 6.45) is -3.74. The first kappa shape index (κ1) is 15.5. The van der Waals surface area contributed by atoms with E-state index in [1.165, 1.54) is 24.3 Å². The molecule has 0 spiro atoms. The molecule has 0 aliphatic rings. The monoisotopic (exact) mass is 276 g/mol. The highest BCUT2D eigenvalue weighted by molar-refractivity contribution is 5.82. The van der Waals surface area contributed by atoms with Crippen molar-refractivity contribution >= 4 is 5.78 Å². The number of halogens is 3. The molecule has 0 aromatic heterocycles. The van der Waals surface area contributed by atoms with Crippen LogP contribution in [0.15, 0.2) is 24.3 Å². The van der Waals surface area contributed by atoms with Gasteiger partial charge in [0.15, 0.2) is 5.78 Å². The van der Waals surface area contributed by atoms with Gasteiger partial charge in [0.05, 0.1) is 0 Å². The zero-order valence-electron chi connectivity index (χ0n) is 10.5. The van der Waals surface area contributed by atoms with Gasteiger partial charge >= 0.3 is 6.36 Å². The number of hydrogen-bond acceptors (Lipinski definition) is 3. The van der Waals surface area contributed by atoms with Crippen molar-refractivity contribution in [3.63, 3.8) is 0 Å². The maximum Gasteiger partial charge on any atom is 0.573 e. The van der Waals surface area contributed by atoms with E-state index >= 15 is 0 Å². The van der Waals surface area contributed by atoms with E-state index in [0.29, 0.717) is 12.2 Å². The van der Waals surface area contributed by atoms with Crippen LogP contribution in [0.2, 0.25) is 0 Å². The molecular formula is C13H15F3O3. The number of ether oxygens (including phenoxy) is 2. The molecule has 0 radical (unpaired) electrons. The van der Waals surface area contributed by atoms with Crippen LogP contribution in [0.3, 0.4) is 0 Å². The Bertz CT molecular complexity index is 399. The minimum Gasteiger partial charge on any atom is -0.406 e. The zero-order chi connectivity index (χ0) is 14.3. The molecule has 0 aliphatic heterocycles. The third-order valence-corrected chi connectivity index (χ3v) is 2.17. The molecule has 0 N–H and O–H groups in total. The number of rotatable bonds is 7. The van der Waals surface area contributed by atoms with E-state index in [4.69, 9.17) is 4.74 Å². The van der Waals surface area contributed by atoms with Gasteiger partial charge in [-0.15, -0.1) is 13.2 Å². The van der Waals surface area contributed by atoms with Gasteiger partial charge in [0.1, 0.15) is 12.4 Å². The van der Waals surface area contributed by atoms with Crippen molar-refractivity contribution in [2.24, 2.45) is 0 Å². The molecule has 6 heteroatoms. The number of carbonyl (C=O) groups excluding carboxylic acids is 1. The van der Waals surface area contributed by atoms with Gasteiger partial charge in [0.25, 0.3) is 0 Å². The highest BCUT2D eigenvalue weighted by Gasteiger charge is 2.30. The van der Waals surface area contributed by atoms with Gasteiger partial charge in [-0.2, -0.15) is 0 Å². The first-order chi connectivity index (χ1) is 8.90. The van der Waals surface area contributed by atoms with E-state index in [9.17, 15) is 18.0 Å². The maximum absolute atomic E-state index is 11.9. The van der Waals surface area contributed by atoms with Gasteiger partial charge in [0.2, 0.25) is 0 Å². The summed E-state index contributed by atoms with van der Waals surface area (Å²) in [5, 5.41) is 0. The second kappa shape index (κ2) is 7.13. The minimum atomic E-state index is -4.70. The Morgan fingerprint density at radius 3 is 2.37 bits per heavy atom. The third-order valence-electron chi connectivity index (χ3n) is 2.17. The average Bonchev–Trinajstić information content (AvgIpc) is 2.30. The smallest absolute Gasteiger partial charge is 0.406 e. The fourth-order valence-corrected chi connectivity index (χ4v) is 1.42. The van der Waals surface area contributed by atoms with Crippen LogP contribution in [-0.4, -0.2) is 25.4 Å². The minimum absolute atomic E-state index is 0.0225. The van der Waals surface area contributed by atoms with Gasteiger partial charge in [-0.3, -0.25) is 4.79 Å². The van der Waals surface area contributed by atoms with Crippen LogP contribution in [0.25, 0.3) is 0 Å². The van der Waals surface area contributed by atoms with Gasteiger partial charge in [-0.1, -0.05) is 19.1 Å². The quantitative estimate of drug-likeness (QED) is 0.718. The summed E-state index contributed by atoms with van der Waals surface area (Å²) in [4.78, 5) is 11.5. The van der Waals surface area contributed by atoms with Crippen LogP contribution in [0.4, 0.5) is 13.2 Å². The molecule has 1 aromatic rings. The van der Waals surface area contributed by atoms with Crippen LogP contribution >= 0.6 is 0 Å². The zero-order valence-corrected chi connectivity index (χ0v) is 10.5. The van der Waals surface area contributed by atoms with E-state index < -0.39 is 6.36 Å². The number of Topliss-reactive ketones (excluding diaryl/α,β-unsaturated/α-hetero) is 1. The van der Waals surface area contributed by atoms with Gasteiger partial charge < -0.3 is 9.47 Å². The average molecular weight is 276 g/mol. The van der Waals surface area contributed by atoms with E-state index in [1.54, 1.807) is 0 Å². The summed E-state index contributed by atoms with van der Waals surface area (Å²) in [6, 6.07) is 5.23. The van der Waals surface area contributed by atoms with Crippen molar-refractivity contribution in [2.45, 2.75) is 26.1 Å². The summed E-state index contributed by atoms with van der Waals surface area (Å²) >= 11 is 0. The normalized spacial score (nSPS) is 11.4. The molecule has 0 heterocycles. The van der Waals surface area contributed by atoms with Crippen LogP contribution in [0.5, 0.6) is 5.75 Å². The molecule has 0 saturated carbocycles. The topological polar surface area (TPSA) is 35.5 Å². The summed E-state index contributed by atoms with van der Waals surface area (Å²) in [5.41, 5.74) is 0.625.